The van der Waals surface area contributed by atoms with E-state index in [9.17, 15) is 18.3 Å². The van der Waals surface area contributed by atoms with Crippen molar-refractivity contribution in [3.63, 3.8) is 0 Å². The molecule has 1 aliphatic carbocycles. The fourth-order valence-electron chi connectivity index (χ4n) is 2.24. The number of hydrogen-bond donors (Lipinski definition) is 1. The number of aliphatic hydroxyl groups excluding tert-OH is 1. The van der Waals surface area contributed by atoms with Gasteiger partial charge in [-0.2, -0.15) is 13.2 Å². The number of rotatable bonds is 1. The van der Waals surface area contributed by atoms with Gasteiger partial charge in [-0.1, -0.05) is 18.2 Å². The van der Waals surface area contributed by atoms with Gasteiger partial charge in [-0.3, -0.25) is 0 Å². The van der Waals surface area contributed by atoms with E-state index in [1.54, 1.807) is 6.07 Å². The first-order valence-electron chi connectivity index (χ1n) is 5.35. The van der Waals surface area contributed by atoms with Gasteiger partial charge >= 0.3 is 6.18 Å². The topological polar surface area (TPSA) is 20.2 Å². The molecule has 0 radical (unpaired) electrons. The van der Waals surface area contributed by atoms with Gasteiger partial charge in [0.05, 0.1) is 0 Å². The van der Waals surface area contributed by atoms with E-state index in [4.69, 9.17) is 0 Å². The summed E-state index contributed by atoms with van der Waals surface area (Å²) in [7, 11) is 0. The summed E-state index contributed by atoms with van der Waals surface area (Å²) < 4.78 is 37.4. The zero-order valence-electron chi connectivity index (χ0n) is 8.72. The molecule has 2 rings (SSSR count). The highest BCUT2D eigenvalue weighted by molar-refractivity contribution is 5.38. The Morgan fingerprint density at radius 1 is 1.12 bits per heavy atom. The molecule has 1 unspecified atom stereocenters. The number of fused-ring (bicyclic) bond motifs is 1. The van der Waals surface area contributed by atoms with Gasteiger partial charge in [0.15, 0.2) is 6.10 Å². The van der Waals surface area contributed by atoms with Crippen LogP contribution in [0.1, 0.15) is 35.6 Å². The molecule has 1 nitrogen and oxygen atoms in total. The molecule has 0 spiro atoms. The van der Waals surface area contributed by atoms with Gasteiger partial charge in [-0.05, 0) is 42.4 Å². The zero-order chi connectivity index (χ0) is 11.8. The van der Waals surface area contributed by atoms with Crippen molar-refractivity contribution in [3.8, 4) is 0 Å². The molecular weight excluding hydrogens is 217 g/mol. The molecule has 0 amide bonds. The molecule has 1 aromatic rings. The lowest BCUT2D eigenvalue weighted by Gasteiger charge is -2.23. The van der Waals surface area contributed by atoms with Crippen LogP contribution in [0.25, 0.3) is 0 Å². The molecule has 0 heterocycles. The predicted octanol–water partition coefficient (Wildman–Crippen LogP) is 3.16. The van der Waals surface area contributed by atoms with Crippen molar-refractivity contribution in [3.05, 3.63) is 34.9 Å². The monoisotopic (exact) mass is 230 g/mol. The smallest absolute Gasteiger partial charge is 0.379 e. The van der Waals surface area contributed by atoms with Gasteiger partial charge in [0.2, 0.25) is 0 Å². The number of benzene rings is 1. The van der Waals surface area contributed by atoms with E-state index >= 15 is 0 Å². The Kier molecular flexibility index (Phi) is 2.93. The number of hydrogen-bond acceptors (Lipinski definition) is 1. The SMILES string of the molecule is OC(c1cccc2c1CCCC2)C(F)(F)F. The second-order valence-corrected chi connectivity index (χ2v) is 4.14. The average Bonchev–Trinajstić information content (AvgIpc) is 2.26. The van der Waals surface area contributed by atoms with Crippen LogP contribution in [0, 0.1) is 0 Å². The van der Waals surface area contributed by atoms with Crippen LogP contribution in [-0.4, -0.2) is 11.3 Å². The molecule has 0 aromatic heterocycles. The first-order chi connectivity index (χ1) is 7.50. The summed E-state index contributed by atoms with van der Waals surface area (Å²) in [6.07, 6.45) is -3.56. The molecule has 0 fully saturated rings. The normalized spacial score (nSPS) is 18.0. The molecule has 1 N–H and O–H groups in total. The van der Waals surface area contributed by atoms with E-state index in [0.29, 0.717) is 12.0 Å². The van der Waals surface area contributed by atoms with Gasteiger partial charge in [0.1, 0.15) is 0 Å². The van der Waals surface area contributed by atoms with E-state index in [1.807, 2.05) is 6.07 Å². The van der Waals surface area contributed by atoms with Crippen molar-refractivity contribution in [1.29, 1.82) is 0 Å². The van der Waals surface area contributed by atoms with E-state index in [1.165, 1.54) is 6.07 Å². The van der Waals surface area contributed by atoms with Gasteiger partial charge in [-0.25, -0.2) is 0 Å². The van der Waals surface area contributed by atoms with Crippen LogP contribution in [0.5, 0.6) is 0 Å². The Labute approximate surface area is 91.9 Å². The lowest BCUT2D eigenvalue weighted by molar-refractivity contribution is -0.207. The summed E-state index contributed by atoms with van der Waals surface area (Å²) in [5, 5.41) is 9.29. The number of alkyl halides is 3. The summed E-state index contributed by atoms with van der Waals surface area (Å²) in [4.78, 5) is 0. The molecule has 0 bridgehead atoms. The second kappa shape index (κ2) is 4.09. The van der Waals surface area contributed by atoms with Crippen molar-refractivity contribution in [2.75, 3.05) is 0 Å². The van der Waals surface area contributed by atoms with Crippen molar-refractivity contribution in [2.45, 2.75) is 38.0 Å². The van der Waals surface area contributed by atoms with Crippen LogP contribution in [0.15, 0.2) is 18.2 Å². The lowest BCUT2D eigenvalue weighted by Crippen LogP contribution is -2.22. The Bertz CT molecular complexity index is 384. The van der Waals surface area contributed by atoms with Crippen molar-refractivity contribution in [2.24, 2.45) is 0 Å². The first-order valence-corrected chi connectivity index (χ1v) is 5.35. The first kappa shape index (κ1) is 11.5. The minimum Gasteiger partial charge on any atom is -0.379 e. The van der Waals surface area contributed by atoms with Crippen LogP contribution in [0.3, 0.4) is 0 Å². The van der Waals surface area contributed by atoms with E-state index in [-0.39, 0.29) is 5.56 Å². The number of halogens is 3. The molecular formula is C12H13F3O. The van der Waals surface area contributed by atoms with Gasteiger partial charge in [-0.15, -0.1) is 0 Å². The third kappa shape index (κ3) is 2.07. The summed E-state index contributed by atoms with van der Waals surface area (Å²) in [5.74, 6) is 0. The van der Waals surface area contributed by atoms with Crippen molar-refractivity contribution in [1.82, 2.24) is 0 Å². The average molecular weight is 230 g/mol. The van der Waals surface area contributed by atoms with Crippen molar-refractivity contribution < 1.29 is 18.3 Å². The zero-order valence-corrected chi connectivity index (χ0v) is 8.72. The van der Waals surface area contributed by atoms with E-state index in [2.05, 4.69) is 0 Å². The second-order valence-electron chi connectivity index (χ2n) is 4.14. The molecule has 4 heteroatoms. The maximum atomic E-state index is 12.5. The fraction of sp³-hybridized carbons (Fsp3) is 0.500. The Hall–Kier alpha value is -1.03. The maximum Gasteiger partial charge on any atom is 0.418 e. The molecule has 16 heavy (non-hydrogen) atoms. The standard InChI is InChI=1S/C12H13F3O/c13-12(14,15)11(16)10-7-3-5-8-4-1-2-6-9(8)10/h3,5,7,11,16H,1-2,4,6H2. The highest BCUT2D eigenvalue weighted by Crippen LogP contribution is 2.36. The Balaban J connectivity index is 2.41. The van der Waals surface area contributed by atoms with Crippen LogP contribution in [0.4, 0.5) is 13.2 Å². The molecule has 1 aliphatic rings. The van der Waals surface area contributed by atoms with E-state index in [0.717, 1.165) is 24.8 Å². The summed E-state index contributed by atoms with van der Waals surface area (Å²) >= 11 is 0. The summed E-state index contributed by atoms with van der Waals surface area (Å²) in [5.41, 5.74) is 1.68. The largest absolute Gasteiger partial charge is 0.418 e. The van der Waals surface area contributed by atoms with Gasteiger partial charge in [0, 0.05) is 0 Å². The summed E-state index contributed by atoms with van der Waals surface area (Å²) in [6.45, 7) is 0. The number of aliphatic hydroxyl groups is 1. The third-order valence-electron chi connectivity index (χ3n) is 3.04. The van der Waals surface area contributed by atoms with Crippen molar-refractivity contribution >= 4 is 0 Å². The fourth-order valence-corrected chi connectivity index (χ4v) is 2.24. The highest BCUT2D eigenvalue weighted by Gasteiger charge is 2.40. The van der Waals surface area contributed by atoms with Crippen LogP contribution >= 0.6 is 0 Å². The maximum absolute atomic E-state index is 12.5. The van der Waals surface area contributed by atoms with E-state index < -0.39 is 12.3 Å². The lowest BCUT2D eigenvalue weighted by atomic mass is 9.86. The minimum absolute atomic E-state index is 0.0321. The third-order valence-corrected chi connectivity index (χ3v) is 3.04. The molecule has 1 aromatic carbocycles. The molecule has 0 saturated carbocycles. The Morgan fingerprint density at radius 2 is 1.81 bits per heavy atom. The molecule has 1 atom stereocenters. The Morgan fingerprint density at radius 3 is 2.50 bits per heavy atom. The minimum atomic E-state index is -4.58. The van der Waals surface area contributed by atoms with Crippen LogP contribution in [0.2, 0.25) is 0 Å². The quantitative estimate of drug-likeness (QED) is 0.785. The predicted molar refractivity (Wildman–Crippen MR) is 54.1 cm³/mol. The van der Waals surface area contributed by atoms with Crippen LogP contribution < -0.4 is 0 Å². The van der Waals surface area contributed by atoms with Gasteiger partial charge in [0.25, 0.3) is 0 Å². The number of aryl methyl sites for hydroxylation is 1. The molecule has 0 aliphatic heterocycles. The van der Waals surface area contributed by atoms with Gasteiger partial charge < -0.3 is 5.11 Å². The molecule has 88 valence electrons. The highest BCUT2D eigenvalue weighted by atomic mass is 19.4. The summed E-state index contributed by atoms with van der Waals surface area (Å²) in [6, 6.07) is 4.82. The molecule has 0 saturated heterocycles. The van der Waals surface area contributed by atoms with Crippen LogP contribution in [-0.2, 0) is 12.8 Å².